The van der Waals surface area contributed by atoms with Gasteiger partial charge in [-0.15, -0.1) is 0 Å². The highest BCUT2D eigenvalue weighted by molar-refractivity contribution is 9.10. The molecule has 19 heavy (non-hydrogen) atoms. The number of anilines is 2. The Labute approximate surface area is 125 Å². The van der Waals surface area contributed by atoms with Crippen LogP contribution < -0.4 is 10.6 Å². The summed E-state index contributed by atoms with van der Waals surface area (Å²) in [4.78, 5) is 14.0. The molecule has 0 atom stereocenters. The Bertz CT molecular complexity index is 631. The molecule has 0 aliphatic rings. The van der Waals surface area contributed by atoms with E-state index in [1.54, 1.807) is 37.4 Å². The molecule has 0 saturated carbocycles. The van der Waals surface area contributed by atoms with Crippen LogP contribution in [0.2, 0.25) is 5.02 Å². The molecule has 2 aromatic carbocycles. The molecule has 0 bridgehead atoms. The molecule has 0 fully saturated rings. The predicted molar refractivity (Wildman–Crippen MR) is 82.7 cm³/mol. The maximum Gasteiger partial charge on any atom is 0.259 e. The second-order valence-electron chi connectivity index (χ2n) is 4.08. The van der Waals surface area contributed by atoms with Gasteiger partial charge in [0.25, 0.3) is 5.91 Å². The van der Waals surface area contributed by atoms with Crippen LogP contribution in [0, 0.1) is 0 Å². The summed E-state index contributed by atoms with van der Waals surface area (Å²) in [7, 11) is 1.70. The van der Waals surface area contributed by atoms with Crippen LogP contribution in [-0.4, -0.2) is 13.0 Å². The number of rotatable bonds is 2. The second kappa shape index (κ2) is 5.63. The van der Waals surface area contributed by atoms with Gasteiger partial charge in [-0.25, -0.2) is 0 Å². The smallest absolute Gasteiger partial charge is 0.259 e. The van der Waals surface area contributed by atoms with Gasteiger partial charge in [0.1, 0.15) is 0 Å². The van der Waals surface area contributed by atoms with Gasteiger partial charge in [-0.3, -0.25) is 4.79 Å². The van der Waals surface area contributed by atoms with Crippen molar-refractivity contribution in [2.24, 2.45) is 0 Å². The minimum Gasteiger partial charge on any atom is -0.399 e. The van der Waals surface area contributed by atoms with Gasteiger partial charge < -0.3 is 10.6 Å². The fourth-order valence-electron chi connectivity index (χ4n) is 1.69. The van der Waals surface area contributed by atoms with E-state index in [4.69, 9.17) is 17.3 Å². The van der Waals surface area contributed by atoms with Gasteiger partial charge in [0, 0.05) is 27.9 Å². The fraction of sp³-hybridized carbons (Fsp3) is 0.0714. The molecule has 0 spiro atoms. The van der Waals surface area contributed by atoms with Gasteiger partial charge in [-0.2, -0.15) is 0 Å². The van der Waals surface area contributed by atoms with E-state index in [0.717, 1.165) is 5.69 Å². The van der Waals surface area contributed by atoms with E-state index < -0.39 is 0 Å². The number of carbonyl (C=O) groups is 1. The Balaban J connectivity index is 2.36. The lowest BCUT2D eigenvalue weighted by Crippen LogP contribution is -2.26. The number of nitrogen functional groups attached to an aromatic ring is 1. The van der Waals surface area contributed by atoms with Gasteiger partial charge >= 0.3 is 0 Å². The zero-order valence-electron chi connectivity index (χ0n) is 10.2. The molecule has 0 aromatic heterocycles. The number of benzene rings is 2. The van der Waals surface area contributed by atoms with Crippen LogP contribution in [0.5, 0.6) is 0 Å². The largest absolute Gasteiger partial charge is 0.399 e. The molecule has 5 heteroatoms. The van der Waals surface area contributed by atoms with Gasteiger partial charge in [0.05, 0.1) is 5.56 Å². The van der Waals surface area contributed by atoms with Crippen molar-refractivity contribution in [1.29, 1.82) is 0 Å². The third-order valence-electron chi connectivity index (χ3n) is 2.72. The Morgan fingerprint density at radius 2 is 2.00 bits per heavy atom. The fourth-order valence-corrected chi connectivity index (χ4v) is 2.28. The van der Waals surface area contributed by atoms with Crippen molar-refractivity contribution >= 4 is 44.8 Å². The number of hydrogen-bond donors (Lipinski definition) is 1. The van der Waals surface area contributed by atoms with E-state index in [1.807, 2.05) is 12.1 Å². The number of carbonyl (C=O) groups excluding carboxylic acids is 1. The molecule has 98 valence electrons. The van der Waals surface area contributed by atoms with Gasteiger partial charge in [-0.05, 0) is 52.3 Å². The van der Waals surface area contributed by atoms with E-state index in [1.165, 1.54) is 4.90 Å². The number of hydrogen-bond acceptors (Lipinski definition) is 2. The Morgan fingerprint density at radius 1 is 1.26 bits per heavy atom. The first-order valence-corrected chi connectivity index (χ1v) is 6.75. The maximum atomic E-state index is 12.4. The highest BCUT2D eigenvalue weighted by atomic mass is 79.9. The Kier molecular flexibility index (Phi) is 4.12. The van der Waals surface area contributed by atoms with Gasteiger partial charge in [0.15, 0.2) is 0 Å². The summed E-state index contributed by atoms with van der Waals surface area (Å²) in [6.07, 6.45) is 0. The third-order valence-corrected chi connectivity index (χ3v) is 3.65. The summed E-state index contributed by atoms with van der Waals surface area (Å²) >= 11 is 9.28. The average molecular weight is 340 g/mol. The van der Waals surface area contributed by atoms with Crippen molar-refractivity contribution in [2.75, 3.05) is 17.7 Å². The third kappa shape index (κ3) is 3.08. The van der Waals surface area contributed by atoms with Crippen molar-refractivity contribution in [1.82, 2.24) is 0 Å². The first-order valence-electron chi connectivity index (χ1n) is 5.57. The quantitative estimate of drug-likeness (QED) is 0.842. The number of amides is 1. The number of halogens is 2. The van der Waals surface area contributed by atoms with Crippen LogP contribution in [0.4, 0.5) is 11.4 Å². The van der Waals surface area contributed by atoms with E-state index in [9.17, 15) is 4.79 Å². The van der Waals surface area contributed by atoms with Crippen molar-refractivity contribution in [2.45, 2.75) is 0 Å². The van der Waals surface area contributed by atoms with Crippen LogP contribution in [0.15, 0.2) is 46.9 Å². The zero-order valence-corrected chi connectivity index (χ0v) is 12.6. The van der Waals surface area contributed by atoms with Crippen molar-refractivity contribution in [3.05, 3.63) is 57.5 Å². The lowest BCUT2D eigenvalue weighted by Gasteiger charge is -2.18. The molecule has 0 saturated heterocycles. The van der Waals surface area contributed by atoms with Crippen molar-refractivity contribution in [3.8, 4) is 0 Å². The summed E-state index contributed by atoms with van der Waals surface area (Å²) in [5, 5.41) is 0.521. The second-order valence-corrected chi connectivity index (χ2v) is 5.37. The van der Waals surface area contributed by atoms with Crippen LogP contribution in [0.25, 0.3) is 0 Å². The molecule has 2 N–H and O–H groups in total. The van der Waals surface area contributed by atoms with E-state index in [-0.39, 0.29) is 5.91 Å². The molecular formula is C14H12BrClN2O. The van der Waals surface area contributed by atoms with Crippen LogP contribution in [0.1, 0.15) is 10.4 Å². The number of nitrogens with zero attached hydrogens (tertiary/aromatic N) is 1. The Morgan fingerprint density at radius 3 is 2.68 bits per heavy atom. The average Bonchev–Trinajstić information content (AvgIpc) is 2.40. The zero-order chi connectivity index (χ0) is 14.0. The van der Waals surface area contributed by atoms with E-state index in [2.05, 4.69) is 15.9 Å². The minimum atomic E-state index is -0.153. The monoisotopic (exact) mass is 338 g/mol. The highest BCUT2D eigenvalue weighted by Crippen LogP contribution is 2.25. The molecular weight excluding hydrogens is 328 g/mol. The molecule has 2 aromatic rings. The molecule has 0 aliphatic heterocycles. The van der Waals surface area contributed by atoms with Crippen LogP contribution in [0.3, 0.4) is 0 Å². The SMILES string of the molecule is CN(C(=O)c1cc(Cl)ccc1Br)c1cccc(N)c1. The first-order chi connectivity index (χ1) is 8.99. The van der Waals surface area contributed by atoms with Crippen molar-refractivity contribution in [3.63, 3.8) is 0 Å². The summed E-state index contributed by atoms with van der Waals surface area (Å²) in [6.45, 7) is 0. The lowest BCUT2D eigenvalue weighted by molar-refractivity contribution is 0.0992. The predicted octanol–water partition coefficient (Wildman–Crippen LogP) is 3.96. The summed E-state index contributed by atoms with van der Waals surface area (Å²) in [6, 6.07) is 12.3. The first kappa shape index (κ1) is 13.9. The van der Waals surface area contributed by atoms with Crippen LogP contribution in [-0.2, 0) is 0 Å². The van der Waals surface area contributed by atoms with Crippen LogP contribution >= 0.6 is 27.5 Å². The van der Waals surface area contributed by atoms with Gasteiger partial charge in [-0.1, -0.05) is 17.7 Å². The van der Waals surface area contributed by atoms with E-state index >= 15 is 0 Å². The summed E-state index contributed by atoms with van der Waals surface area (Å²) < 4.78 is 0.706. The topological polar surface area (TPSA) is 46.3 Å². The molecule has 2 rings (SSSR count). The maximum absolute atomic E-state index is 12.4. The van der Waals surface area contributed by atoms with Crippen molar-refractivity contribution < 1.29 is 4.79 Å². The molecule has 0 aliphatic carbocycles. The normalized spacial score (nSPS) is 10.3. The molecule has 1 amide bonds. The summed E-state index contributed by atoms with van der Waals surface area (Å²) in [5.74, 6) is -0.153. The standard InChI is InChI=1S/C14H12BrClN2O/c1-18(11-4-2-3-10(17)8-11)14(19)12-7-9(16)5-6-13(12)15/h2-8H,17H2,1H3. The Hall–Kier alpha value is -1.52. The van der Waals surface area contributed by atoms with Gasteiger partial charge in [0.2, 0.25) is 0 Å². The minimum absolute atomic E-state index is 0.153. The lowest BCUT2D eigenvalue weighted by atomic mass is 10.2. The molecule has 0 heterocycles. The van der Waals surface area contributed by atoms with E-state index in [0.29, 0.717) is 20.7 Å². The number of nitrogens with two attached hydrogens (primary N) is 1. The molecule has 3 nitrogen and oxygen atoms in total. The summed E-state index contributed by atoms with van der Waals surface area (Å²) in [5.41, 5.74) is 7.58. The molecule has 0 radical (unpaired) electrons. The highest BCUT2D eigenvalue weighted by Gasteiger charge is 2.16. The molecule has 0 unspecified atom stereocenters.